The van der Waals surface area contributed by atoms with Crippen molar-refractivity contribution in [1.29, 1.82) is 5.26 Å². The van der Waals surface area contributed by atoms with Gasteiger partial charge in [-0.3, -0.25) is 0 Å². The highest BCUT2D eigenvalue weighted by molar-refractivity contribution is 5.54. The zero-order valence-electron chi connectivity index (χ0n) is 9.12. The van der Waals surface area contributed by atoms with Gasteiger partial charge in [0.25, 0.3) is 0 Å². The van der Waals surface area contributed by atoms with Gasteiger partial charge in [0.2, 0.25) is 0 Å². The smallest absolute Gasteiger partial charge is 0.395 e. The number of likely N-dealkylation sites (N-methyl/N-ethyl adjacent to an activating group) is 1. The first-order chi connectivity index (χ1) is 7.90. The third kappa shape index (κ3) is 3.11. The van der Waals surface area contributed by atoms with Crippen LogP contribution in [0, 0.1) is 11.3 Å². The Bertz CT molecular complexity index is 437. The van der Waals surface area contributed by atoms with Crippen molar-refractivity contribution in [2.45, 2.75) is 6.18 Å². The van der Waals surface area contributed by atoms with Crippen LogP contribution in [0.5, 0.6) is 0 Å². The molecule has 1 rings (SSSR count). The molecule has 0 spiro atoms. The molecule has 0 atom stereocenters. The van der Waals surface area contributed by atoms with Crippen molar-refractivity contribution in [3.8, 4) is 6.07 Å². The maximum Gasteiger partial charge on any atom is 0.417 e. The zero-order valence-corrected chi connectivity index (χ0v) is 9.12. The number of aliphatic hydroxyl groups is 1. The summed E-state index contributed by atoms with van der Waals surface area (Å²) in [5, 5.41) is 17.4. The van der Waals surface area contributed by atoms with E-state index in [1.54, 1.807) is 11.9 Å². The molecule has 1 N–H and O–H groups in total. The van der Waals surface area contributed by atoms with Gasteiger partial charge >= 0.3 is 6.18 Å². The van der Waals surface area contributed by atoms with Gasteiger partial charge in [-0.25, -0.2) is 0 Å². The lowest BCUT2D eigenvalue weighted by Gasteiger charge is -2.19. The Morgan fingerprint density at radius 2 is 2.06 bits per heavy atom. The van der Waals surface area contributed by atoms with E-state index in [1.165, 1.54) is 18.2 Å². The number of benzene rings is 1. The van der Waals surface area contributed by atoms with Gasteiger partial charge in [0.15, 0.2) is 0 Å². The minimum atomic E-state index is -4.53. The first-order valence-electron chi connectivity index (χ1n) is 4.83. The first-order valence-corrected chi connectivity index (χ1v) is 4.83. The molecule has 0 aromatic heterocycles. The normalized spacial score (nSPS) is 11.1. The summed E-state index contributed by atoms with van der Waals surface area (Å²) in [7, 11) is 1.62. The summed E-state index contributed by atoms with van der Waals surface area (Å²) < 4.78 is 37.5. The number of nitrogens with zero attached hydrogens (tertiary/aromatic N) is 2. The van der Waals surface area contributed by atoms with Crippen molar-refractivity contribution in [1.82, 2.24) is 0 Å². The van der Waals surface area contributed by atoms with Crippen LogP contribution in [-0.2, 0) is 6.18 Å². The fraction of sp³-hybridized carbons (Fsp3) is 0.364. The third-order valence-corrected chi connectivity index (χ3v) is 2.31. The van der Waals surface area contributed by atoms with Gasteiger partial charge in [-0.15, -0.1) is 0 Å². The number of nitriles is 1. The highest BCUT2D eigenvalue weighted by atomic mass is 19.4. The van der Waals surface area contributed by atoms with Crippen LogP contribution in [0.15, 0.2) is 18.2 Å². The molecule has 0 fully saturated rings. The predicted octanol–water partition coefficient (Wildman–Crippen LogP) is 2.01. The van der Waals surface area contributed by atoms with Crippen LogP contribution in [0.2, 0.25) is 0 Å². The van der Waals surface area contributed by atoms with Gasteiger partial charge < -0.3 is 10.0 Å². The summed E-state index contributed by atoms with van der Waals surface area (Å²) in [4.78, 5) is 1.57. The van der Waals surface area contributed by atoms with Crippen LogP contribution in [0.1, 0.15) is 11.1 Å². The third-order valence-electron chi connectivity index (χ3n) is 2.31. The molecular formula is C11H11F3N2O. The van der Waals surface area contributed by atoms with Crippen molar-refractivity contribution in [2.75, 3.05) is 25.1 Å². The fourth-order valence-electron chi connectivity index (χ4n) is 1.39. The van der Waals surface area contributed by atoms with Gasteiger partial charge in [0, 0.05) is 19.3 Å². The molecule has 1 aromatic rings. The van der Waals surface area contributed by atoms with Crippen molar-refractivity contribution < 1.29 is 18.3 Å². The predicted molar refractivity (Wildman–Crippen MR) is 56.5 cm³/mol. The molecule has 0 saturated heterocycles. The molecular weight excluding hydrogens is 233 g/mol. The molecule has 0 radical (unpaired) electrons. The molecule has 0 heterocycles. The number of hydrogen-bond donors (Lipinski definition) is 1. The van der Waals surface area contributed by atoms with Crippen LogP contribution in [0.3, 0.4) is 0 Å². The molecule has 0 aliphatic carbocycles. The minimum Gasteiger partial charge on any atom is -0.395 e. The second-order valence-corrected chi connectivity index (χ2v) is 3.48. The van der Waals surface area contributed by atoms with E-state index < -0.39 is 17.3 Å². The Morgan fingerprint density at radius 3 is 2.53 bits per heavy atom. The zero-order chi connectivity index (χ0) is 13.1. The Labute approximate surface area is 96.7 Å². The van der Waals surface area contributed by atoms with E-state index in [-0.39, 0.29) is 13.2 Å². The number of alkyl halides is 3. The summed E-state index contributed by atoms with van der Waals surface area (Å²) in [6.45, 7) is 0.176. The largest absolute Gasteiger partial charge is 0.417 e. The number of rotatable bonds is 3. The lowest BCUT2D eigenvalue weighted by atomic mass is 10.1. The standard InChI is InChI=1S/C11H11F3N2O/c1-16(4-5-17)9-2-3-10(11(12,13)14)8(6-9)7-15/h2-3,6,17H,4-5H2,1H3. The quantitative estimate of drug-likeness (QED) is 0.884. The van der Waals surface area contributed by atoms with Crippen LogP contribution in [0.4, 0.5) is 18.9 Å². The summed E-state index contributed by atoms with van der Waals surface area (Å²) in [5.41, 5.74) is -0.899. The van der Waals surface area contributed by atoms with Gasteiger partial charge in [-0.05, 0) is 18.2 Å². The van der Waals surface area contributed by atoms with E-state index in [0.29, 0.717) is 5.69 Å². The molecule has 0 bridgehead atoms. The van der Waals surface area contributed by atoms with Gasteiger partial charge in [0.05, 0.1) is 23.8 Å². The molecule has 0 aliphatic rings. The van der Waals surface area contributed by atoms with Crippen LogP contribution >= 0.6 is 0 Å². The van der Waals surface area contributed by atoms with E-state index in [0.717, 1.165) is 6.07 Å². The molecule has 1 aromatic carbocycles. The van der Waals surface area contributed by atoms with E-state index in [1.807, 2.05) is 0 Å². The summed E-state index contributed by atoms with van der Waals surface area (Å²) in [6, 6.07) is 4.85. The average Bonchev–Trinajstić information content (AvgIpc) is 2.27. The Kier molecular flexibility index (Phi) is 3.97. The van der Waals surface area contributed by atoms with Crippen molar-refractivity contribution in [3.05, 3.63) is 29.3 Å². The Balaban J connectivity index is 3.15. The second-order valence-electron chi connectivity index (χ2n) is 3.48. The van der Waals surface area contributed by atoms with E-state index in [4.69, 9.17) is 10.4 Å². The SMILES string of the molecule is CN(CCO)c1ccc(C(F)(F)F)c(C#N)c1. The summed E-state index contributed by atoms with van der Waals surface area (Å²) in [6.07, 6.45) is -4.53. The van der Waals surface area contributed by atoms with E-state index in [9.17, 15) is 13.2 Å². The van der Waals surface area contributed by atoms with E-state index in [2.05, 4.69) is 0 Å². The fourth-order valence-corrected chi connectivity index (χ4v) is 1.39. The maximum atomic E-state index is 12.5. The van der Waals surface area contributed by atoms with Crippen LogP contribution < -0.4 is 4.90 Å². The van der Waals surface area contributed by atoms with Crippen LogP contribution in [-0.4, -0.2) is 25.3 Å². The highest BCUT2D eigenvalue weighted by Gasteiger charge is 2.33. The maximum absolute atomic E-state index is 12.5. The van der Waals surface area contributed by atoms with Gasteiger partial charge in [-0.2, -0.15) is 18.4 Å². The van der Waals surface area contributed by atoms with Crippen LogP contribution in [0.25, 0.3) is 0 Å². The van der Waals surface area contributed by atoms with Gasteiger partial charge in [-0.1, -0.05) is 0 Å². The molecule has 17 heavy (non-hydrogen) atoms. The number of hydrogen-bond acceptors (Lipinski definition) is 3. The molecule has 6 heteroatoms. The van der Waals surface area contributed by atoms with Crippen molar-refractivity contribution in [3.63, 3.8) is 0 Å². The molecule has 92 valence electrons. The topological polar surface area (TPSA) is 47.3 Å². The lowest BCUT2D eigenvalue weighted by molar-refractivity contribution is -0.137. The monoisotopic (exact) mass is 244 g/mol. The van der Waals surface area contributed by atoms with Gasteiger partial charge in [0.1, 0.15) is 0 Å². The Morgan fingerprint density at radius 1 is 1.41 bits per heavy atom. The first kappa shape index (κ1) is 13.3. The molecule has 3 nitrogen and oxygen atoms in total. The number of anilines is 1. The van der Waals surface area contributed by atoms with Crippen molar-refractivity contribution in [2.24, 2.45) is 0 Å². The number of halogens is 3. The Hall–Kier alpha value is -1.74. The summed E-state index contributed by atoms with van der Waals surface area (Å²) >= 11 is 0. The van der Waals surface area contributed by atoms with E-state index >= 15 is 0 Å². The minimum absolute atomic E-state index is 0.112. The molecule has 0 unspecified atom stereocenters. The molecule has 0 aliphatic heterocycles. The highest BCUT2D eigenvalue weighted by Crippen LogP contribution is 2.33. The lowest BCUT2D eigenvalue weighted by Crippen LogP contribution is -2.21. The summed E-state index contributed by atoms with van der Waals surface area (Å²) in [5.74, 6) is 0. The average molecular weight is 244 g/mol. The molecule has 0 saturated carbocycles. The second kappa shape index (κ2) is 5.06. The number of aliphatic hydroxyl groups excluding tert-OH is 1. The molecule has 0 amide bonds. The van der Waals surface area contributed by atoms with Crippen molar-refractivity contribution >= 4 is 5.69 Å².